The number of rotatable bonds is 0. The standard InChI is InChI=1S/C4H4INO/c1-3-4(7)6(2)5/h1H,2H3. The predicted octanol–water partition coefficient (Wildman–Crippen LogP) is 0.428. The van der Waals surface area contributed by atoms with Crippen molar-refractivity contribution >= 4 is 28.8 Å². The first-order valence-electron chi connectivity index (χ1n) is 1.58. The maximum absolute atomic E-state index is 10.2. The normalized spacial score (nSPS) is 7.00. The van der Waals surface area contributed by atoms with Crippen molar-refractivity contribution in [2.75, 3.05) is 7.05 Å². The lowest BCUT2D eigenvalue weighted by Gasteiger charge is -1.97. The van der Waals surface area contributed by atoms with Crippen molar-refractivity contribution in [2.45, 2.75) is 0 Å². The molecule has 0 saturated carbocycles. The maximum atomic E-state index is 10.2. The van der Waals surface area contributed by atoms with Crippen LogP contribution in [0.25, 0.3) is 0 Å². The smallest absolute Gasteiger partial charge is 0.277 e. The summed E-state index contributed by atoms with van der Waals surface area (Å²) < 4.78 is 1.32. The zero-order chi connectivity index (χ0) is 5.86. The second-order valence-corrected chi connectivity index (χ2v) is 2.37. The van der Waals surface area contributed by atoms with E-state index in [9.17, 15) is 4.79 Å². The quantitative estimate of drug-likeness (QED) is 0.321. The third kappa shape index (κ3) is 2.45. The van der Waals surface area contributed by atoms with Gasteiger partial charge in [-0.3, -0.25) is 7.91 Å². The molecule has 0 aliphatic heterocycles. The van der Waals surface area contributed by atoms with E-state index in [0.717, 1.165) is 0 Å². The molecule has 0 aromatic heterocycles. The Kier molecular flexibility index (Phi) is 2.76. The monoisotopic (exact) mass is 209 g/mol. The number of carbonyl (C=O) groups excluding carboxylic acids is 1. The summed E-state index contributed by atoms with van der Waals surface area (Å²) in [5.41, 5.74) is 0. The van der Waals surface area contributed by atoms with Crippen molar-refractivity contribution < 1.29 is 4.79 Å². The lowest BCUT2D eigenvalue weighted by atomic mass is 10.6. The van der Waals surface area contributed by atoms with Crippen molar-refractivity contribution in [1.29, 1.82) is 0 Å². The minimum absolute atomic E-state index is 0.305. The molecule has 0 spiro atoms. The minimum Gasteiger partial charge on any atom is -0.277 e. The minimum atomic E-state index is -0.305. The highest BCUT2D eigenvalue weighted by Crippen LogP contribution is 1.90. The number of terminal acetylenes is 1. The van der Waals surface area contributed by atoms with Crippen molar-refractivity contribution in [1.82, 2.24) is 3.11 Å². The molecule has 0 aliphatic carbocycles. The molecule has 7 heavy (non-hydrogen) atoms. The summed E-state index contributed by atoms with van der Waals surface area (Å²) in [5.74, 6) is 1.64. The molecule has 1 amide bonds. The maximum Gasteiger partial charge on any atom is 0.306 e. The van der Waals surface area contributed by atoms with Gasteiger partial charge in [-0.05, 0) is 5.92 Å². The van der Waals surface area contributed by atoms with Gasteiger partial charge in [0, 0.05) is 7.05 Å². The van der Waals surface area contributed by atoms with Gasteiger partial charge in [0.1, 0.15) is 0 Å². The molecule has 0 bridgehead atoms. The number of amides is 1. The Morgan fingerprint density at radius 2 is 2.43 bits per heavy atom. The van der Waals surface area contributed by atoms with Crippen LogP contribution in [-0.4, -0.2) is 16.1 Å². The summed E-state index contributed by atoms with van der Waals surface area (Å²) in [6.07, 6.45) is 4.73. The van der Waals surface area contributed by atoms with Crippen LogP contribution in [0.3, 0.4) is 0 Å². The van der Waals surface area contributed by atoms with Crippen molar-refractivity contribution in [2.24, 2.45) is 0 Å². The highest BCUT2D eigenvalue weighted by molar-refractivity contribution is 14.1. The Balaban J connectivity index is 3.64. The molecule has 3 heteroatoms. The summed E-state index contributed by atoms with van der Waals surface area (Å²) in [6, 6.07) is 0. The van der Waals surface area contributed by atoms with E-state index >= 15 is 0 Å². The summed E-state index contributed by atoms with van der Waals surface area (Å²) in [5, 5.41) is 0. The van der Waals surface area contributed by atoms with E-state index in [-0.39, 0.29) is 5.91 Å². The van der Waals surface area contributed by atoms with E-state index < -0.39 is 0 Å². The van der Waals surface area contributed by atoms with Crippen LogP contribution in [0.4, 0.5) is 0 Å². The molecule has 0 radical (unpaired) electrons. The molecule has 0 fully saturated rings. The lowest BCUT2D eigenvalue weighted by molar-refractivity contribution is -0.118. The van der Waals surface area contributed by atoms with Gasteiger partial charge in [-0.15, -0.1) is 6.42 Å². The molecular weight excluding hydrogens is 205 g/mol. The Bertz CT molecular complexity index is 113. The first-order chi connectivity index (χ1) is 3.18. The van der Waals surface area contributed by atoms with Crippen LogP contribution in [0.15, 0.2) is 0 Å². The van der Waals surface area contributed by atoms with E-state index in [0.29, 0.717) is 0 Å². The number of carbonyl (C=O) groups is 1. The number of halogens is 1. The lowest BCUT2D eigenvalue weighted by Crippen LogP contribution is -2.11. The summed E-state index contributed by atoms with van der Waals surface area (Å²) in [7, 11) is 1.60. The molecule has 0 aromatic rings. The number of nitrogens with zero attached hydrogens (tertiary/aromatic N) is 1. The van der Waals surface area contributed by atoms with Gasteiger partial charge in [-0.1, -0.05) is 0 Å². The molecule has 0 aliphatic rings. The first kappa shape index (κ1) is 6.76. The van der Waals surface area contributed by atoms with Gasteiger partial charge in [-0.25, -0.2) is 0 Å². The van der Waals surface area contributed by atoms with E-state index in [1.54, 1.807) is 7.05 Å². The fraction of sp³-hybridized carbons (Fsp3) is 0.250. The van der Waals surface area contributed by atoms with Crippen molar-refractivity contribution in [3.63, 3.8) is 0 Å². The highest BCUT2D eigenvalue weighted by atomic mass is 127. The third-order valence-electron chi connectivity index (χ3n) is 0.403. The molecular formula is C4H4INO. The van der Waals surface area contributed by atoms with Crippen LogP contribution in [0.2, 0.25) is 0 Å². The van der Waals surface area contributed by atoms with Crippen LogP contribution in [0, 0.1) is 12.3 Å². The second-order valence-electron chi connectivity index (χ2n) is 0.927. The van der Waals surface area contributed by atoms with E-state index in [1.807, 2.05) is 28.8 Å². The highest BCUT2D eigenvalue weighted by Gasteiger charge is 1.95. The van der Waals surface area contributed by atoms with Crippen molar-refractivity contribution in [3.8, 4) is 12.3 Å². The Morgan fingerprint density at radius 3 is 2.43 bits per heavy atom. The fourth-order valence-corrected chi connectivity index (χ4v) is 0.228. The molecule has 0 aromatic carbocycles. The largest absolute Gasteiger partial charge is 0.306 e. The van der Waals surface area contributed by atoms with Crippen LogP contribution in [0.5, 0.6) is 0 Å². The molecule has 2 nitrogen and oxygen atoms in total. The van der Waals surface area contributed by atoms with Crippen LogP contribution >= 0.6 is 22.9 Å². The molecule has 0 heterocycles. The van der Waals surface area contributed by atoms with Gasteiger partial charge >= 0.3 is 5.91 Å². The van der Waals surface area contributed by atoms with Gasteiger partial charge < -0.3 is 0 Å². The zero-order valence-electron chi connectivity index (χ0n) is 3.81. The number of hydrogen-bond donors (Lipinski definition) is 0. The van der Waals surface area contributed by atoms with Crippen LogP contribution in [-0.2, 0) is 4.79 Å². The molecule has 0 rings (SSSR count). The predicted molar refractivity (Wildman–Crippen MR) is 35.6 cm³/mol. The molecule has 0 N–H and O–H groups in total. The van der Waals surface area contributed by atoms with Gasteiger partial charge in [0.25, 0.3) is 0 Å². The Hall–Kier alpha value is -0.240. The summed E-state index contributed by atoms with van der Waals surface area (Å²) >= 11 is 1.81. The van der Waals surface area contributed by atoms with Gasteiger partial charge in [0.2, 0.25) is 0 Å². The van der Waals surface area contributed by atoms with Gasteiger partial charge in [0.05, 0.1) is 22.9 Å². The van der Waals surface area contributed by atoms with E-state index in [1.165, 1.54) is 3.11 Å². The topological polar surface area (TPSA) is 20.3 Å². The molecule has 0 saturated heterocycles. The van der Waals surface area contributed by atoms with Crippen LogP contribution < -0.4 is 0 Å². The molecule has 0 unspecified atom stereocenters. The van der Waals surface area contributed by atoms with Crippen LogP contribution in [0.1, 0.15) is 0 Å². The number of hydrogen-bond acceptors (Lipinski definition) is 1. The van der Waals surface area contributed by atoms with Crippen molar-refractivity contribution in [3.05, 3.63) is 0 Å². The summed E-state index contributed by atoms with van der Waals surface area (Å²) in [6.45, 7) is 0. The van der Waals surface area contributed by atoms with E-state index in [4.69, 9.17) is 6.42 Å². The average molecular weight is 209 g/mol. The zero-order valence-corrected chi connectivity index (χ0v) is 5.97. The second kappa shape index (κ2) is 2.86. The Morgan fingerprint density at radius 1 is 2.00 bits per heavy atom. The van der Waals surface area contributed by atoms with Gasteiger partial charge in [-0.2, -0.15) is 0 Å². The molecule has 38 valence electrons. The van der Waals surface area contributed by atoms with Gasteiger partial charge in [0.15, 0.2) is 0 Å². The van der Waals surface area contributed by atoms with E-state index in [2.05, 4.69) is 0 Å². The Labute approximate surface area is 56.4 Å². The average Bonchev–Trinajstić information content (AvgIpc) is 1.65. The first-order valence-corrected chi connectivity index (χ1v) is 2.55. The molecule has 0 atom stereocenters. The third-order valence-corrected chi connectivity index (χ3v) is 0.841. The summed E-state index contributed by atoms with van der Waals surface area (Å²) in [4.78, 5) is 10.2. The SMILES string of the molecule is C#CC(=O)N(C)I. The fourth-order valence-electron chi connectivity index (χ4n) is 0.0889.